The van der Waals surface area contributed by atoms with E-state index < -0.39 is 5.97 Å². The lowest BCUT2D eigenvalue weighted by Crippen LogP contribution is -2.44. The summed E-state index contributed by atoms with van der Waals surface area (Å²) in [5.41, 5.74) is 0. The topological polar surface area (TPSA) is 66.8 Å². The Bertz CT molecular complexity index is 229. The van der Waals surface area contributed by atoms with E-state index >= 15 is 0 Å². The normalized spacial score (nSPS) is 22.1. The lowest BCUT2D eigenvalue weighted by Gasteiger charge is -2.31. The van der Waals surface area contributed by atoms with Crippen molar-refractivity contribution in [3.8, 4) is 0 Å². The standard InChI is InChI=1S/C9H15NO4/c1-7-6-10(4-5-14-7)8(11)2-3-9(12)13/h7H,2-6H2,1H3,(H,12,13). The van der Waals surface area contributed by atoms with E-state index in [4.69, 9.17) is 9.84 Å². The summed E-state index contributed by atoms with van der Waals surface area (Å²) in [6.07, 6.45) is 0.0460. The van der Waals surface area contributed by atoms with Gasteiger partial charge in [-0.1, -0.05) is 0 Å². The Morgan fingerprint density at radius 3 is 2.79 bits per heavy atom. The van der Waals surface area contributed by atoms with Crippen LogP contribution in [0.2, 0.25) is 0 Å². The van der Waals surface area contributed by atoms with Gasteiger partial charge in [0.15, 0.2) is 0 Å². The van der Waals surface area contributed by atoms with Gasteiger partial charge in [-0.15, -0.1) is 0 Å². The van der Waals surface area contributed by atoms with Gasteiger partial charge in [0.25, 0.3) is 0 Å². The van der Waals surface area contributed by atoms with Crippen LogP contribution < -0.4 is 0 Å². The van der Waals surface area contributed by atoms with Crippen LogP contribution in [-0.2, 0) is 14.3 Å². The molecule has 14 heavy (non-hydrogen) atoms. The summed E-state index contributed by atoms with van der Waals surface area (Å²) < 4.78 is 5.27. The van der Waals surface area contributed by atoms with Crippen LogP contribution in [0, 0.1) is 0 Å². The van der Waals surface area contributed by atoms with Gasteiger partial charge in [0.2, 0.25) is 5.91 Å². The minimum absolute atomic E-state index is 0.0533. The van der Waals surface area contributed by atoms with Gasteiger partial charge >= 0.3 is 5.97 Å². The Morgan fingerprint density at radius 2 is 2.21 bits per heavy atom. The van der Waals surface area contributed by atoms with E-state index in [1.807, 2.05) is 6.92 Å². The maximum atomic E-state index is 11.5. The number of nitrogens with zero attached hydrogens (tertiary/aromatic N) is 1. The SMILES string of the molecule is CC1CN(C(=O)CCC(=O)O)CCO1. The van der Waals surface area contributed by atoms with Crippen molar-refractivity contribution in [2.75, 3.05) is 19.7 Å². The second kappa shape index (κ2) is 4.95. The molecule has 1 amide bonds. The first-order valence-electron chi connectivity index (χ1n) is 4.71. The zero-order chi connectivity index (χ0) is 10.6. The summed E-state index contributed by atoms with van der Waals surface area (Å²) in [6, 6.07) is 0. The number of morpholine rings is 1. The number of carboxylic acid groups (broad SMARTS) is 1. The van der Waals surface area contributed by atoms with Crippen LogP contribution in [0.3, 0.4) is 0 Å². The molecule has 0 radical (unpaired) electrons. The molecule has 1 fully saturated rings. The fourth-order valence-electron chi connectivity index (χ4n) is 1.42. The predicted molar refractivity (Wildman–Crippen MR) is 48.9 cm³/mol. The number of hydrogen-bond acceptors (Lipinski definition) is 3. The molecule has 80 valence electrons. The summed E-state index contributed by atoms with van der Waals surface area (Å²) in [4.78, 5) is 23.4. The highest BCUT2D eigenvalue weighted by atomic mass is 16.5. The molecule has 1 N–H and O–H groups in total. The minimum Gasteiger partial charge on any atom is -0.481 e. The average molecular weight is 201 g/mol. The molecule has 1 rings (SSSR count). The zero-order valence-electron chi connectivity index (χ0n) is 8.23. The first-order valence-corrected chi connectivity index (χ1v) is 4.71. The molecule has 5 nitrogen and oxygen atoms in total. The zero-order valence-corrected chi connectivity index (χ0v) is 8.23. The number of aliphatic carboxylic acids is 1. The van der Waals surface area contributed by atoms with Crippen molar-refractivity contribution in [1.29, 1.82) is 0 Å². The Morgan fingerprint density at radius 1 is 1.50 bits per heavy atom. The molecule has 0 spiro atoms. The van der Waals surface area contributed by atoms with Crippen LogP contribution >= 0.6 is 0 Å². The molecule has 1 heterocycles. The number of carbonyl (C=O) groups excluding carboxylic acids is 1. The van der Waals surface area contributed by atoms with Crippen LogP contribution in [0.1, 0.15) is 19.8 Å². The van der Waals surface area contributed by atoms with Gasteiger partial charge in [-0.3, -0.25) is 9.59 Å². The van der Waals surface area contributed by atoms with Gasteiger partial charge in [0, 0.05) is 19.5 Å². The second-order valence-electron chi connectivity index (χ2n) is 3.41. The minimum atomic E-state index is -0.931. The number of carboxylic acids is 1. The van der Waals surface area contributed by atoms with E-state index in [1.54, 1.807) is 4.90 Å². The first-order chi connectivity index (χ1) is 6.59. The number of hydrogen-bond donors (Lipinski definition) is 1. The van der Waals surface area contributed by atoms with Gasteiger partial charge in [-0.2, -0.15) is 0 Å². The number of carbonyl (C=O) groups is 2. The molecule has 0 aromatic heterocycles. The Hall–Kier alpha value is -1.10. The molecule has 0 aromatic carbocycles. The molecule has 0 saturated carbocycles. The highest BCUT2D eigenvalue weighted by Crippen LogP contribution is 2.06. The maximum absolute atomic E-state index is 11.5. The quantitative estimate of drug-likeness (QED) is 0.703. The second-order valence-corrected chi connectivity index (χ2v) is 3.41. The lowest BCUT2D eigenvalue weighted by molar-refractivity contribution is -0.143. The molecule has 1 atom stereocenters. The molecule has 1 aliphatic rings. The summed E-state index contributed by atoms with van der Waals surface area (Å²) in [5, 5.41) is 8.42. The van der Waals surface area contributed by atoms with Gasteiger partial charge in [0.1, 0.15) is 0 Å². The van der Waals surface area contributed by atoms with E-state index in [9.17, 15) is 9.59 Å². The molecular weight excluding hydrogens is 186 g/mol. The largest absolute Gasteiger partial charge is 0.481 e. The third kappa shape index (κ3) is 3.33. The maximum Gasteiger partial charge on any atom is 0.303 e. The van der Waals surface area contributed by atoms with E-state index in [1.165, 1.54) is 0 Å². The van der Waals surface area contributed by atoms with E-state index in [2.05, 4.69) is 0 Å². The third-order valence-corrected chi connectivity index (χ3v) is 2.15. The molecule has 5 heteroatoms. The fourth-order valence-corrected chi connectivity index (χ4v) is 1.42. The van der Waals surface area contributed by atoms with Crippen molar-refractivity contribution in [3.63, 3.8) is 0 Å². The Labute approximate surface area is 82.6 Å². The number of amides is 1. The summed E-state index contributed by atoms with van der Waals surface area (Å²) >= 11 is 0. The number of rotatable bonds is 3. The lowest BCUT2D eigenvalue weighted by atomic mass is 10.2. The van der Waals surface area contributed by atoms with Crippen LogP contribution in [0.5, 0.6) is 0 Å². The predicted octanol–water partition coefficient (Wildman–Crippen LogP) is 0.0985. The van der Waals surface area contributed by atoms with Crippen LogP contribution in [0.25, 0.3) is 0 Å². The molecule has 0 aliphatic carbocycles. The first kappa shape index (κ1) is 11.0. The van der Waals surface area contributed by atoms with Crippen LogP contribution in [0.15, 0.2) is 0 Å². The van der Waals surface area contributed by atoms with Crippen molar-refractivity contribution in [1.82, 2.24) is 4.90 Å². The Balaban J connectivity index is 2.32. The molecule has 1 aliphatic heterocycles. The van der Waals surface area contributed by atoms with Crippen molar-refractivity contribution in [2.24, 2.45) is 0 Å². The summed E-state index contributed by atoms with van der Waals surface area (Å²) in [6.45, 7) is 3.58. The van der Waals surface area contributed by atoms with Gasteiger partial charge < -0.3 is 14.7 Å². The van der Waals surface area contributed by atoms with Crippen LogP contribution in [0.4, 0.5) is 0 Å². The van der Waals surface area contributed by atoms with Gasteiger partial charge in [-0.25, -0.2) is 0 Å². The Kier molecular flexibility index (Phi) is 3.88. The smallest absolute Gasteiger partial charge is 0.303 e. The average Bonchev–Trinajstić information content (AvgIpc) is 2.14. The highest BCUT2D eigenvalue weighted by molar-refractivity contribution is 5.80. The van der Waals surface area contributed by atoms with E-state index in [0.717, 1.165) is 0 Å². The fraction of sp³-hybridized carbons (Fsp3) is 0.778. The molecule has 1 saturated heterocycles. The van der Waals surface area contributed by atoms with E-state index in [0.29, 0.717) is 19.7 Å². The highest BCUT2D eigenvalue weighted by Gasteiger charge is 2.21. The van der Waals surface area contributed by atoms with E-state index in [-0.39, 0.29) is 24.9 Å². The van der Waals surface area contributed by atoms with Gasteiger partial charge in [-0.05, 0) is 6.92 Å². The molecule has 0 bridgehead atoms. The number of ether oxygens (including phenoxy) is 1. The van der Waals surface area contributed by atoms with Crippen molar-refractivity contribution < 1.29 is 19.4 Å². The van der Waals surface area contributed by atoms with Gasteiger partial charge in [0.05, 0.1) is 19.1 Å². The molecular formula is C9H15NO4. The monoisotopic (exact) mass is 201 g/mol. The van der Waals surface area contributed by atoms with Crippen molar-refractivity contribution >= 4 is 11.9 Å². The summed E-state index contributed by atoms with van der Waals surface area (Å²) in [5.74, 6) is -1.03. The molecule has 0 aromatic rings. The van der Waals surface area contributed by atoms with Crippen molar-refractivity contribution in [2.45, 2.75) is 25.9 Å². The summed E-state index contributed by atoms with van der Waals surface area (Å²) in [7, 11) is 0. The van der Waals surface area contributed by atoms with Crippen LogP contribution in [-0.4, -0.2) is 47.7 Å². The third-order valence-electron chi connectivity index (χ3n) is 2.15. The van der Waals surface area contributed by atoms with Crippen molar-refractivity contribution in [3.05, 3.63) is 0 Å². The molecule has 1 unspecified atom stereocenters.